The molecule has 10 aromatic rings. The van der Waals surface area contributed by atoms with Crippen LogP contribution in [0.2, 0.25) is 0 Å². The lowest BCUT2D eigenvalue weighted by molar-refractivity contribution is 0.590. The number of hydrogen-bond donors (Lipinski definition) is 0. The van der Waals surface area contributed by atoms with Gasteiger partial charge in [0.25, 0.3) is 0 Å². The van der Waals surface area contributed by atoms with E-state index in [2.05, 4.69) is 177 Å². The van der Waals surface area contributed by atoms with Crippen LogP contribution in [0.25, 0.3) is 75.4 Å². The third kappa shape index (κ3) is 3.92. The van der Waals surface area contributed by atoms with Gasteiger partial charge in [0.1, 0.15) is 5.58 Å². The summed E-state index contributed by atoms with van der Waals surface area (Å²) >= 11 is 1.90. The molecule has 7 aromatic carbocycles. The Kier molecular flexibility index (Phi) is 5.95. The molecule has 0 atom stereocenters. The number of fused-ring (bicyclic) bond motifs is 13. The molecule has 3 nitrogen and oxygen atoms in total. The van der Waals surface area contributed by atoms with Crippen LogP contribution in [0.15, 0.2) is 144 Å². The highest BCUT2D eigenvalue weighted by molar-refractivity contribution is 7.26. The summed E-state index contributed by atoms with van der Waals surface area (Å²) in [6.07, 6.45) is 0. The summed E-state index contributed by atoms with van der Waals surface area (Å²) in [7, 11) is 0. The van der Waals surface area contributed by atoms with Gasteiger partial charge < -0.3 is 13.8 Å². The van der Waals surface area contributed by atoms with Crippen LogP contribution >= 0.6 is 11.3 Å². The molecule has 0 N–H and O–H groups in total. The molecular weight excluding hydrogens is 675 g/mol. The fourth-order valence-electron chi connectivity index (χ4n) is 9.64. The minimum absolute atomic E-state index is 0.000532. The van der Waals surface area contributed by atoms with Crippen LogP contribution in [0.1, 0.15) is 31.9 Å². The molecule has 5 heteroatoms. The second kappa shape index (κ2) is 10.6. The van der Waals surface area contributed by atoms with Gasteiger partial charge in [0.2, 0.25) is 0 Å². The second-order valence-corrected chi connectivity index (χ2v) is 17.2. The smallest absolute Gasteiger partial charge is 0.333 e. The van der Waals surface area contributed by atoms with Gasteiger partial charge in [-0.05, 0) is 111 Å². The zero-order valence-corrected chi connectivity index (χ0v) is 31.4. The largest absolute Gasteiger partial charge is 0.454 e. The molecule has 54 heavy (non-hydrogen) atoms. The molecule has 3 aromatic heterocycles. The number of hydrogen-bond acceptors (Lipinski definition) is 3. The number of aromatic nitrogens is 1. The van der Waals surface area contributed by atoms with Crippen LogP contribution in [0.4, 0.5) is 17.1 Å². The third-order valence-corrected chi connectivity index (χ3v) is 13.1. The number of nitrogens with zero attached hydrogens (tertiary/aromatic N) is 2. The minimum atomic E-state index is -0.0755. The number of aryl methyl sites for hydroxylation is 1. The molecule has 0 amide bonds. The lowest BCUT2D eigenvalue weighted by Gasteiger charge is -2.42. The second-order valence-electron chi connectivity index (χ2n) is 16.1. The Labute approximate surface area is 317 Å². The maximum absolute atomic E-state index is 6.79. The molecule has 5 heterocycles. The van der Waals surface area contributed by atoms with Crippen molar-refractivity contribution in [2.24, 2.45) is 0 Å². The molecule has 0 unspecified atom stereocenters. The topological polar surface area (TPSA) is 21.3 Å². The Morgan fingerprint density at radius 3 is 2.19 bits per heavy atom. The number of thiophene rings is 1. The van der Waals surface area contributed by atoms with E-state index >= 15 is 0 Å². The monoisotopic (exact) mass is 710 g/mol. The van der Waals surface area contributed by atoms with E-state index in [1.165, 1.54) is 98.0 Å². The molecule has 2 aliphatic rings. The molecule has 0 aliphatic carbocycles. The first-order valence-electron chi connectivity index (χ1n) is 18.9. The molecule has 0 fully saturated rings. The van der Waals surface area contributed by atoms with Crippen molar-refractivity contribution in [3.63, 3.8) is 0 Å². The summed E-state index contributed by atoms with van der Waals surface area (Å²) in [6.45, 7) is 9.10. The first-order valence-corrected chi connectivity index (χ1v) is 19.7. The van der Waals surface area contributed by atoms with Crippen molar-refractivity contribution in [1.82, 2.24) is 4.48 Å². The lowest BCUT2D eigenvalue weighted by atomic mass is 9.44. The summed E-state index contributed by atoms with van der Waals surface area (Å²) < 4.78 is 12.1. The van der Waals surface area contributed by atoms with Crippen molar-refractivity contribution in [2.45, 2.75) is 33.1 Å². The van der Waals surface area contributed by atoms with Gasteiger partial charge in [-0.15, -0.1) is 11.3 Å². The minimum Gasteiger partial charge on any atom is -0.454 e. The average molecular weight is 711 g/mol. The molecule has 12 rings (SSSR count). The Hall–Kier alpha value is -6.04. The number of furan rings is 1. The van der Waals surface area contributed by atoms with Crippen molar-refractivity contribution in [1.29, 1.82) is 0 Å². The lowest BCUT2D eigenvalue weighted by Crippen LogP contribution is -2.57. The van der Waals surface area contributed by atoms with Gasteiger partial charge >= 0.3 is 6.85 Å². The molecule has 0 spiro atoms. The fraction of sp³-hybridized carbons (Fsp3) is 0.102. The Morgan fingerprint density at radius 1 is 0.574 bits per heavy atom. The summed E-state index contributed by atoms with van der Waals surface area (Å²) in [5, 5.41) is 4.98. The zero-order chi connectivity index (χ0) is 36.0. The third-order valence-electron chi connectivity index (χ3n) is 12.0. The van der Waals surface area contributed by atoms with Crippen molar-refractivity contribution in [3.05, 3.63) is 151 Å². The Bertz CT molecular complexity index is 3230. The Morgan fingerprint density at radius 2 is 1.33 bits per heavy atom. The van der Waals surface area contributed by atoms with Crippen molar-refractivity contribution in [3.8, 4) is 22.3 Å². The van der Waals surface area contributed by atoms with E-state index in [-0.39, 0.29) is 12.3 Å². The Balaban J connectivity index is 1.29. The van der Waals surface area contributed by atoms with Crippen LogP contribution in [-0.4, -0.2) is 11.3 Å². The summed E-state index contributed by atoms with van der Waals surface area (Å²) in [5.41, 5.74) is 18.2. The van der Waals surface area contributed by atoms with E-state index in [1.54, 1.807) is 0 Å². The highest BCUT2D eigenvalue weighted by Gasteiger charge is 2.45. The molecule has 0 saturated carbocycles. The highest BCUT2D eigenvalue weighted by Crippen LogP contribution is 2.50. The quantitative estimate of drug-likeness (QED) is 0.167. The normalized spacial score (nSPS) is 13.5. The summed E-state index contributed by atoms with van der Waals surface area (Å²) in [6, 6.07) is 52.0. The van der Waals surface area contributed by atoms with Crippen molar-refractivity contribution >= 4 is 99.3 Å². The van der Waals surface area contributed by atoms with E-state index in [9.17, 15) is 0 Å². The number of benzene rings is 7. The van der Waals surface area contributed by atoms with Gasteiger partial charge in [0, 0.05) is 48.2 Å². The van der Waals surface area contributed by atoms with Crippen molar-refractivity contribution < 1.29 is 4.42 Å². The van der Waals surface area contributed by atoms with E-state index < -0.39 is 0 Å². The van der Waals surface area contributed by atoms with Gasteiger partial charge in [-0.1, -0.05) is 106 Å². The van der Waals surface area contributed by atoms with Crippen LogP contribution in [0, 0.1) is 6.92 Å². The first-order chi connectivity index (χ1) is 26.3. The van der Waals surface area contributed by atoms with Crippen LogP contribution in [0.3, 0.4) is 0 Å². The van der Waals surface area contributed by atoms with Gasteiger partial charge in [-0.25, -0.2) is 0 Å². The summed E-state index contributed by atoms with van der Waals surface area (Å²) in [4.78, 5) is 2.59. The maximum Gasteiger partial charge on any atom is 0.333 e. The number of para-hydroxylation sites is 2. The average Bonchev–Trinajstić information content (AvgIpc) is 3.86. The number of anilines is 3. The van der Waals surface area contributed by atoms with Gasteiger partial charge in [-0.3, -0.25) is 0 Å². The maximum atomic E-state index is 6.79. The van der Waals surface area contributed by atoms with Crippen molar-refractivity contribution in [2.75, 3.05) is 4.90 Å². The standard InChI is InChI=1S/C49H35BN2OS/c1-28-25-36-31-17-12-18-34-46(31)52(47-32-15-8-10-19-40(32)53-48(34)47)50-44(36)39(26-28)51(38-23-24-42-43(45(38)50)33-16-9-11-20-41(33)54-42)37-22-21-30(49(2,3)4)27-35(37)29-13-6-5-7-14-29/h5-27H,1-4H3. The molecule has 0 saturated heterocycles. The summed E-state index contributed by atoms with van der Waals surface area (Å²) in [5.74, 6) is 0. The van der Waals surface area contributed by atoms with Crippen LogP contribution < -0.4 is 15.8 Å². The van der Waals surface area contributed by atoms with Gasteiger partial charge in [-0.2, -0.15) is 0 Å². The predicted octanol–water partition coefficient (Wildman–Crippen LogP) is 12.6. The first kappa shape index (κ1) is 30.4. The predicted molar refractivity (Wildman–Crippen MR) is 232 cm³/mol. The fourth-order valence-corrected chi connectivity index (χ4v) is 10.8. The van der Waals surface area contributed by atoms with Gasteiger partial charge in [0.15, 0.2) is 5.58 Å². The number of rotatable bonds is 2. The van der Waals surface area contributed by atoms with E-state index in [0.717, 1.165) is 16.6 Å². The van der Waals surface area contributed by atoms with Crippen LogP contribution in [-0.2, 0) is 5.41 Å². The SMILES string of the molecule is Cc1cc2c3c(c1)N(c1ccc(C(C)(C)C)cc1-c1ccccc1)c1ccc4sc5ccccc5c4c1B3n1c3c-2cccc3c2oc3ccccc3c21. The zero-order valence-electron chi connectivity index (χ0n) is 30.6. The molecule has 0 radical (unpaired) electrons. The van der Waals surface area contributed by atoms with E-state index in [4.69, 9.17) is 4.42 Å². The molecule has 256 valence electrons. The van der Waals surface area contributed by atoms with Gasteiger partial charge in [0.05, 0.1) is 11.2 Å². The molecule has 0 bridgehead atoms. The molecular formula is C49H35BN2OS. The molecule has 2 aliphatic heterocycles. The highest BCUT2D eigenvalue weighted by atomic mass is 32.1. The van der Waals surface area contributed by atoms with Crippen LogP contribution in [0.5, 0.6) is 0 Å². The van der Waals surface area contributed by atoms with E-state index in [0.29, 0.717) is 0 Å². The van der Waals surface area contributed by atoms with E-state index in [1.807, 2.05) is 11.3 Å².